The van der Waals surface area contributed by atoms with Crippen LogP contribution in [0.4, 0.5) is 0 Å². The summed E-state index contributed by atoms with van der Waals surface area (Å²) < 4.78 is 10.6. The molecule has 1 fully saturated rings. The Morgan fingerprint density at radius 3 is 2.62 bits per heavy atom. The first kappa shape index (κ1) is 8.24. The number of hydrogen-bond acceptors (Lipinski definition) is 3. The van der Waals surface area contributed by atoms with Crippen molar-refractivity contribution in [2.75, 3.05) is 13.2 Å². The average Bonchev–Trinajstić information content (AvgIpc) is 2.70. The third-order valence-electron chi connectivity index (χ3n) is 1.96. The molecule has 0 N–H and O–H groups in total. The van der Waals surface area contributed by atoms with Crippen molar-refractivity contribution in [3.8, 4) is 6.07 Å². The van der Waals surface area contributed by atoms with Crippen LogP contribution in [-0.4, -0.2) is 13.2 Å². The van der Waals surface area contributed by atoms with Crippen LogP contribution < -0.4 is 0 Å². The average molecular weight is 175 g/mol. The lowest BCUT2D eigenvalue weighted by atomic mass is 10.1. The van der Waals surface area contributed by atoms with Gasteiger partial charge < -0.3 is 9.47 Å². The Hall–Kier alpha value is -1.37. The third-order valence-corrected chi connectivity index (χ3v) is 1.96. The van der Waals surface area contributed by atoms with Gasteiger partial charge in [-0.25, -0.2) is 0 Å². The van der Waals surface area contributed by atoms with E-state index in [0.717, 1.165) is 5.56 Å². The van der Waals surface area contributed by atoms with Gasteiger partial charge in [-0.15, -0.1) is 0 Å². The minimum Gasteiger partial charge on any atom is -0.346 e. The lowest BCUT2D eigenvalue weighted by molar-refractivity contribution is -0.0442. The first-order valence-electron chi connectivity index (χ1n) is 4.14. The smallest absolute Gasteiger partial charge is 0.185 e. The molecule has 0 saturated carbocycles. The Balaban J connectivity index is 2.33. The van der Waals surface area contributed by atoms with Gasteiger partial charge in [0.1, 0.15) is 0 Å². The summed E-state index contributed by atoms with van der Waals surface area (Å²) in [5.41, 5.74) is 1.44. The molecular formula is C10H9NO2. The zero-order valence-corrected chi connectivity index (χ0v) is 7.06. The van der Waals surface area contributed by atoms with E-state index in [1.54, 1.807) is 6.07 Å². The Kier molecular flexibility index (Phi) is 2.26. The maximum Gasteiger partial charge on any atom is 0.185 e. The predicted molar refractivity (Wildman–Crippen MR) is 45.8 cm³/mol. The Labute approximate surface area is 76.5 Å². The molecule has 0 aliphatic carbocycles. The number of benzene rings is 1. The molecule has 2 rings (SSSR count). The molecule has 1 aromatic carbocycles. The van der Waals surface area contributed by atoms with Gasteiger partial charge in [-0.1, -0.05) is 18.2 Å². The second-order valence-corrected chi connectivity index (χ2v) is 2.77. The second kappa shape index (κ2) is 3.56. The molecule has 0 amide bonds. The van der Waals surface area contributed by atoms with E-state index in [4.69, 9.17) is 14.7 Å². The number of nitrogens with zero attached hydrogens (tertiary/aromatic N) is 1. The SMILES string of the molecule is N#Cc1ccccc1C1OCCO1. The highest BCUT2D eigenvalue weighted by atomic mass is 16.7. The van der Waals surface area contributed by atoms with Crippen LogP contribution in [-0.2, 0) is 9.47 Å². The maximum absolute atomic E-state index is 8.82. The number of ether oxygens (including phenoxy) is 2. The van der Waals surface area contributed by atoms with Gasteiger partial charge in [-0.05, 0) is 6.07 Å². The molecule has 1 saturated heterocycles. The molecule has 1 aromatic rings. The monoisotopic (exact) mass is 175 g/mol. The molecule has 13 heavy (non-hydrogen) atoms. The minimum atomic E-state index is -0.351. The van der Waals surface area contributed by atoms with E-state index < -0.39 is 0 Å². The van der Waals surface area contributed by atoms with E-state index in [1.807, 2.05) is 18.2 Å². The van der Waals surface area contributed by atoms with E-state index >= 15 is 0 Å². The summed E-state index contributed by atoms with van der Waals surface area (Å²) in [4.78, 5) is 0. The zero-order chi connectivity index (χ0) is 9.10. The number of nitriles is 1. The molecule has 0 aromatic heterocycles. The van der Waals surface area contributed by atoms with Gasteiger partial charge in [0, 0.05) is 5.56 Å². The summed E-state index contributed by atoms with van der Waals surface area (Å²) >= 11 is 0. The van der Waals surface area contributed by atoms with E-state index in [9.17, 15) is 0 Å². The van der Waals surface area contributed by atoms with Crippen molar-refractivity contribution in [1.29, 1.82) is 5.26 Å². The van der Waals surface area contributed by atoms with Crippen LogP contribution in [0, 0.1) is 11.3 Å². The zero-order valence-electron chi connectivity index (χ0n) is 7.06. The first-order chi connectivity index (χ1) is 6.42. The van der Waals surface area contributed by atoms with Gasteiger partial charge in [0.05, 0.1) is 24.8 Å². The molecule has 0 spiro atoms. The maximum atomic E-state index is 8.82. The summed E-state index contributed by atoms with van der Waals surface area (Å²) in [7, 11) is 0. The topological polar surface area (TPSA) is 42.2 Å². The Morgan fingerprint density at radius 2 is 1.92 bits per heavy atom. The first-order valence-corrected chi connectivity index (χ1v) is 4.14. The summed E-state index contributed by atoms with van der Waals surface area (Å²) in [6, 6.07) is 9.44. The van der Waals surface area contributed by atoms with E-state index in [2.05, 4.69) is 6.07 Å². The van der Waals surface area contributed by atoms with Gasteiger partial charge in [0.2, 0.25) is 0 Å². The van der Waals surface area contributed by atoms with Crippen LogP contribution in [0.5, 0.6) is 0 Å². The van der Waals surface area contributed by atoms with Crippen molar-refractivity contribution in [2.24, 2.45) is 0 Å². The molecule has 0 bridgehead atoms. The number of rotatable bonds is 1. The van der Waals surface area contributed by atoms with Crippen LogP contribution in [0.3, 0.4) is 0 Å². The molecule has 1 aliphatic rings. The van der Waals surface area contributed by atoms with Crippen molar-refractivity contribution in [3.63, 3.8) is 0 Å². The van der Waals surface area contributed by atoms with Crippen LogP contribution in [0.1, 0.15) is 17.4 Å². The highest BCUT2D eigenvalue weighted by molar-refractivity contribution is 5.38. The highest BCUT2D eigenvalue weighted by Gasteiger charge is 2.20. The van der Waals surface area contributed by atoms with Gasteiger partial charge in [-0.3, -0.25) is 0 Å². The summed E-state index contributed by atoms with van der Waals surface area (Å²) in [5.74, 6) is 0. The molecular weight excluding hydrogens is 166 g/mol. The van der Waals surface area contributed by atoms with Crippen molar-refractivity contribution >= 4 is 0 Å². The van der Waals surface area contributed by atoms with E-state index in [0.29, 0.717) is 18.8 Å². The second-order valence-electron chi connectivity index (χ2n) is 2.77. The van der Waals surface area contributed by atoms with Crippen molar-refractivity contribution < 1.29 is 9.47 Å². The lowest BCUT2D eigenvalue weighted by Crippen LogP contribution is -2.00. The molecule has 1 aliphatic heterocycles. The van der Waals surface area contributed by atoms with E-state index in [1.165, 1.54) is 0 Å². The standard InChI is InChI=1S/C10H9NO2/c11-7-8-3-1-2-4-9(8)10-12-5-6-13-10/h1-4,10H,5-6H2. The summed E-state index contributed by atoms with van der Waals surface area (Å²) in [6.07, 6.45) is -0.351. The quantitative estimate of drug-likeness (QED) is 0.651. The van der Waals surface area contributed by atoms with Crippen molar-refractivity contribution in [1.82, 2.24) is 0 Å². The third kappa shape index (κ3) is 1.55. The minimum absolute atomic E-state index is 0.351. The molecule has 0 unspecified atom stereocenters. The van der Waals surface area contributed by atoms with Gasteiger partial charge >= 0.3 is 0 Å². The van der Waals surface area contributed by atoms with Crippen LogP contribution in [0.2, 0.25) is 0 Å². The molecule has 0 radical (unpaired) electrons. The fourth-order valence-electron chi connectivity index (χ4n) is 1.34. The normalized spacial score (nSPS) is 17.2. The highest BCUT2D eigenvalue weighted by Crippen LogP contribution is 2.25. The predicted octanol–water partition coefficient (Wildman–Crippen LogP) is 1.60. The van der Waals surface area contributed by atoms with Crippen molar-refractivity contribution in [3.05, 3.63) is 35.4 Å². The fraction of sp³-hybridized carbons (Fsp3) is 0.300. The summed E-state index contributed by atoms with van der Waals surface area (Å²) in [6.45, 7) is 1.20. The van der Waals surface area contributed by atoms with Gasteiger partial charge in [-0.2, -0.15) is 5.26 Å². The lowest BCUT2D eigenvalue weighted by Gasteiger charge is -2.09. The molecule has 1 heterocycles. The molecule has 3 nitrogen and oxygen atoms in total. The van der Waals surface area contributed by atoms with Crippen LogP contribution in [0.15, 0.2) is 24.3 Å². The Morgan fingerprint density at radius 1 is 1.23 bits per heavy atom. The van der Waals surface area contributed by atoms with Gasteiger partial charge in [0.25, 0.3) is 0 Å². The molecule has 3 heteroatoms. The van der Waals surface area contributed by atoms with Crippen LogP contribution >= 0.6 is 0 Å². The van der Waals surface area contributed by atoms with E-state index in [-0.39, 0.29) is 6.29 Å². The fourth-order valence-corrected chi connectivity index (χ4v) is 1.34. The van der Waals surface area contributed by atoms with Crippen molar-refractivity contribution in [2.45, 2.75) is 6.29 Å². The number of hydrogen-bond donors (Lipinski definition) is 0. The Bertz CT molecular complexity index is 337. The molecule has 0 atom stereocenters. The molecule has 66 valence electrons. The largest absolute Gasteiger partial charge is 0.346 e. The van der Waals surface area contributed by atoms with Crippen LogP contribution in [0.25, 0.3) is 0 Å². The summed E-state index contributed by atoms with van der Waals surface area (Å²) in [5, 5.41) is 8.82. The van der Waals surface area contributed by atoms with Gasteiger partial charge in [0.15, 0.2) is 6.29 Å².